The molecule has 6 heteroatoms. The number of likely N-dealkylation sites (tertiary alicyclic amines) is 1. The fraction of sp³-hybridized carbons (Fsp3) is 0.833. The summed E-state index contributed by atoms with van der Waals surface area (Å²) in [6, 6.07) is 0.755. The van der Waals surface area contributed by atoms with Gasteiger partial charge < -0.3 is 4.90 Å². The fourth-order valence-electron chi connectivity index (χ4n) is 4.59. The second kappa shape index (κ2) is 6.47. The molecule has 0 aromatic rings. The Bertz CT molecular complexity index is 514. The van der Waals surface area contributed by atoms with Gasteiger partial charge in [-0.05, 0) is 25.7 Å². The highest BCUT2D eigenvalue weighted by atomic mass is 16.2. The van der Waals surface area contributed by atoms with Crippen molar-refractivity contribution in [2.24, 2.45) is 11.8 Å². The van der Waals surface area contributed by atoms with Gasteiger partial charge in [-0.15, -0.1) is 0 Å². The number of nitrogens with zero attached hydrogens (tertiary/aromatic N) is 3. The van der Waals surface area contributed by atoms with Gasteiger partial charge >= 0.3 is 0 Å². The fourth-order valence-corrected chi connectivity index (χ4v) is 4.59. The van der Waals surface area contributed by atoms with Gasteiger partial charge in [-0.25, -0.2) is 0 Å². The van der Waals surface area contributed by atoms with Crippen LogP contribution in [0.2, 0.25) is 0 Å². The molecule has 0 radical (unpaired) electrons. The van der Waals surface area contributed by atoms with Crippen LogP contribution in [0.5, 0.6) is 0 Å². The molecule has 2 aliphatic heterocycles. The number of hydrogen-bond donors (Lipinski definition) is 0. The van der Waals surface area contributed by atoms with Crippen LogP contribution in [0.3, 0.4) is 0 Å². The number of hydrogen-bond acceptors (Lipinski definition) is 4. The molecule has 4 aliphatic rings. The first-order valence-electron chi connectivity index (χ1n) is 9.52. The van der Waals surface area contributed by atoms with Crippen LogP contribution >= 0.6 is 0 Å². The van der Waals surface area contributed by atoms with E-state index in [2.05, 4.69) is 4.90 Å². The molecule has 2 heterocycles. The van der Waals surface area contributed by atoms with Crippen molar-refractivity contribution in [3.8, 4) is 0 Å². The highest BCUT2D eigenvalue weighted by Crippen LogP contribution is 2.38. The van der Waals surface area contributed by atoms with Gasteiger partial charge in [0.15, 0.2) is 0 Å². The Kier molecular flexibility index (Phi) is 4.33. The SMILES string of the molecule is O=C(CCN1C(=O)C2CCCCC2C1=O)N1CCN(C2CC2)CC1. The smallest absolute Gasteiger partial charge is 0.233 e. The van der Waals surface area contributed by atoms with Gasteiger partial charge in [-0.1, -0.05) is 12.8 Å². The van der Waals surface area contributed by atoms with Crippen molar-refractivity contribution >= 4 is 17.7 Å². The van der Waals surface area contributed by atoms with Gasteiger partial charge in [0.05, 0.1) is 11.8 Å². The number of amides is 3. The molecule has 0 spiro atoms. The van der Waals surface area contributed by atoms with Crippen LogP contribution < -0.4 is 0 Å². The lowest BCUT2D eigenvalue weighted by atomic mass is 9.81. The van der Waals surface area contributed by atoms with Gasteiger partial charge in [0.25, 0.3) is 0 Å². The molecule has 6 nitrogen and oxygen atoms in total. The van der Waals surface area contributed by atoms with Crippen LogP contribution in [0.4, 0.5) is 0 Å². The van der Waals surface area contributed by atoms with E-state index in [1.807, 2.05) is 4.90 Å². The van der Waals surface area contributed by atoms with E-state index >= 15 is 0 Å². The molecular weight excluding hydrogens is 306 g/mol. The topological polar surface area (TPSA) is 60.9 Å². The Morgan fingerprint density at radius 1 is 0.875 bits per heavy atom. The number of piperazine rings is 1. The lowest BCUT2D eigenvalue weighted by Gasteiger charge is -2.35. The summed E-state index contributed by atoms with van der Waals surface area (Å²) in [6.07, 6.45) is 6.63. The van der Waals surface area contributed by atoms with Gasteiger partial charge in [0, 0.05) is 45.2 Å². The Labute approximate surface area is 143 Å². The van der Waals surface area contributed by atoms with Crippen LogP contribution in [0.25, 0.3) is 0 Å². The summed E-state index contributed by atoms with van der Waals surface area (Å²) in [7, 11) is 0. The minimum Gasteiger partial charge on any atom is -0.340 e. The first-order chi connectivity index (χ1) is 11.6. The summed E-state index contributed by atoms with van der Waals surface area (Å²) >= 11 is 0. The molecule has 0 N–H and O–H groups in total. The quantitative estimate of drug-likeness (QED) is 0.716. The molecule has 2 unspecified atom stereocenters. The second-order valence-electron chi connectivity index (χ2n) is 7.72. The van der Waals surface area contributed by atoms with Gasteiger partial charge in [-0.3, -0.25) is 24.2 Å². The van der Waals surface area contributed by atoms with Crippen LogP contribution in [-0.4, -0.2) is 71.2 Å². The van der Waals surface area contributed by atoms with E-state index in [1.54, 1.807) is 0 Å². The molecule has 2 saturated carbocycles. The summed E-state index contributed by atoms with van der Waals surface area (Å²) in [4.78, 5) is 43.1. The van der Waals surface area contributed by atoms with Crippen molar-refractivity contribution in [2.75, 3.05) is 32.7 Å². The third kappa shape index (κ3) is 2.96. The van der Waals surface area contributed by atoms with E-state index in [1.165, 1.54) is 17.7 Å². The average molecular weight is 333 g/mol. The van der Waals surface area contributed by atoms with E-state index in [9.17, 15) is 14.4 Å². The molecule has 0 aromatic heterocycles. The van der Waals surface area contributed by atoms with Crippen LogP contribution in [0, 0.1) is 11.8 Å². The van der Waals surface area contributed by atoms with E-state index in [-0.39, 0.29) is 42.5 Å². The molecule has 2 saturated heterocycles. The number of rotatable bonds is 4. The lowest BCUT2D eigenvalue weighted by molar-refractivity contribution is -0.141. The molecule has 132 valence electrons. The van der Waals surface area contributed by atoms with Gasteiger partial charge in [-0.2, -0.15) is 0 Å². The molecule has 0 bridgehead atoms. The zero-order valence-corrected chi connectivity index (χ0v) is 14.3. The van der Waals surface area contributed by atoms with E-state index in [0.29, 0.717) is 0 Å². The largest absolute Gasteiger partial charge is 0.340 e. The third-order valence-corrected chi connectivity index (χ3v) is 6.21. The molecule has 2 aliphatic carbocycles. The molecule has 4 fully saturated rings. The zero-order chi connectivity index (χ0) is 16.7. The standard InChI is InChI=1S/C18H27N3O3/c22-16(20-11-9-19(10-12-20)13-5-6-13)7-8-21-17(23)14-3-1-2-4-15(14)18(21)24/h13-15H,1-12H2. The van der Waals surface area contributed by atoms with Crippen molar-refractivity contribution < 1.29 is 14.4 Å². The summed E-state index contributed by atoms with van der Waals surface area (Å²) in [5.74, 6) is -0.195. The van der Waals surface area contributed by atoms with Crippen LogP contribution in [-0.2, 0) is 14.4 Å². The van der Waals surface area contributed by atoms with Crippen LogP contribution in [0.15, 0.2) is 0 Å². The summed E-state index contributed by atoms with van der Waals surface area (Å²) in [5, 5.41) is 0. The minimum atomic E-state index is -0.108. The first-order valence-corrected chi connectivity index (χ1v) is 9.52. The molecular formula is C18H27N3O3. The van der Waals surface area contributed by atoms with E-state index in [4.69, 9.17) is 0 Å². The minimum absolute atomic E-state index is 0.0314. The average Bonchev–Trinajstić information content (AvgIpc) is 3.43. The third-order valence-electron chi connectivity index (χ3n) is 6.21. The Morgan fingerprint density at radius 3 is 2.00 bits per heavy atom. The predicted molar refractivity (Wildman–Crippen MR) is 88.0 cm³/mol. The number of carbonyl (C=O) groups is 3. The van der Waals surface area contributed by atoms with Gasteiger partial charge in [0.1, 0.15) is 0 Å². The maximum absolute atomic E-state index is 12.4. The number of fused-ring (bicyclic) bond motifs is 1. The van der Waals surface area contributed by atoms with E-state index in [0.717, 1.165) is 57.9 Å². The van der Waals surface area contributed by atoms with Crippen molar-refractivity contribution in [3.63, 3.8) is 0 Å². The second-order valence-corrected chi connectivity index (χ2v) is 7.72. The highest BCUT2D eigenvalue weighted by Gasteiger charge is 2.47. The molecule has 0 aromatic carbocycles. The monoisotopic (exact) mass is 333 g/mol. The highest BCUT2D eigenvalue weighted by molar-refractivity contribution is 6.05. The lowest BCUT2D eigenvalue weighted by Crippen LogP contribution is -2.50. The first kappa shape index (κ1) is 16.1. The molecule has 2 atom stereocenters. The summed E-state index contributed by atoms with van der Waals surface area (Å²) in [6.45, 7) is 3.75. The predicted octanol–water partition coefficient (Wildman–Crippen LogP) is 0.858. The summed E-state index contributed by atoms with van der Waals surface area (Å²) < 4.78 is 0. The van der Waals surface area contributed by atoms with Crippen molar-refractivity contribution in [3.05, 3.63) is 0 Å². The van der Waals surface area contributed by atoms with E-state index < -0.39 is 0 Å². The number of carbonyl (C=O) groups excluding carboxylic acids is 3. The molecule has 3 amide bonds. The summed E-state index contributed by atoms with van der Waals surface area (Å²) in [5.41, 5.74) is 0. The van der Waals surface area contributed by atoms with Crippen molar-refractivity contribution in [1.82, 2.24) is 14.7 Å². The maximum Gasteiger partial charge on any atom is 0.233 e. The zero-order valence-electron chi connectivity index (χ0n) is 14.3. The Morgan fingerprint density at radius 2 is 1.46 bits per heavy atom. The molecule has 4 rings (SSSR count). The van der Waals surface area contributed by atoms with Crippen molar-refractivity contribution in [1.29, 1.82) is 0 Å². The van der Waals surface area contributed by atoms with Crippen molar-refractivity contribution in [2.45, 2.75) is 51.0 Å². The normalized spacial score (nSPS) is 31.5. The number of imide groups is 1. The molecule has 24 heavy (non-hydrogen) atoms. The Balaban J connectivity index is 1.27. The Hall–Kier alpha value is -1.43. The van der Waals surface area contributed by atoms with Gasteiger partial charge in [0.2, 0.25) is 17.7 Å². The maximum atomic E-state index is 12.4. The van der Waals surface area contributed by atoms with Crippen LogP contribution in [0.1, 0.15) is 44.9 Å².